The van der Waals surface area contributed by atoms with Gasteiger partial charge in [-0.15, -0.1) is 0 Å². The summed E-state index contributed by atoms with van der Waals surface area (Å²) in [5, 5.41) is 13.9. The van der Waals surface area contributed by atoms with Crippen molar-refractivity contribution in [1.82, 2.24) is 4.72 Å². The van der Waals surface area contributed by atoms with Gasteiger partial charge in [0.05, 0.1) is 9.82 Å². The summed E-state index contributed by atoms with van der Waals surface area (Å²) in [6.07, 6.45) is 0.814. The van der Waals surface area contributed by atoms with Gasteiger partial charge < -0.3 is 5.32 Å². The van der Waals surface area contributed by atoms with Crippen molar-refractivity contribution < 1.29 is 13.3 Å². The zero-order chi connectivity index (χ0) is 14.5. The molecule has 0 saturated heterocycles. The van der Waals surface area contributed by atoms with Crippen LogP contribution in [0.15, 0.2) is 23.1 Å². The van der Waals surface area contributed by atoms with Crippen LogP contribution in [0, 0.1) is 10.1 Å². The molecule has 0 aromatic heterocycles. The number of nitrogens with one attached hydrogen (secondary N) is 2. The normalized spacial score (nSPS) is 11.3. The van der Waals surface area contributed by atoms with Gasteiger partial charge in [0, 0.05) is 19.2 Å². The first-order chi connectivity index (χ1) is 8.92. The number of benzene rings is 1. The van der Waals surface area contributed by atoms with Crippen molar-refractivity contribution in [2.45, 2.75) is 25.2 Å². The van der Waals surface area contributed by atoms with Crippen molar-refractivity contribution in [1.29, 1.82) is 0 Å². The number of nitrogens with zero attached hydrogens (tertiary/aromatic N) is 1. The van der Waals surface area contributed by atoms with E-state index in [0.717, 1.165) is 12.5 Å². The number of hydrogen-bond acceptors (Lipinski definition) is 5. The Hall–Kier alpha value is -1.67. The second-order valence-electron chi connectivity index (χ2n) is 3.86. The van der Waals surface area contributed by atoms with Gasteiger partial charge in [-0.2, -0.15) is 0 Å². The van der Waals surface area contributed by atoms with Crippen LogP contribution < -0.4 is 10.0 Å². The van der Waals surface area contributed by atoms with E-state index in [1.54, 1.807) is 6.92 Å². The summed E-state index contributed by atoms with van der Waals surface area (Å²) in [5.74, 6) is 0. The Labute approximate surface area is 112 Å². The van der Waals surface area contributed by atoms with Crippen molar-refractivity contribution in [3.63, 3.8) is 0 Å². The molecule has 1 rings (SSSR count). The lowest BCUT2D eigenvalue weighted by Crippen LogP contribution is -2.23. The number of rotatable bonds is 7. The van der Waals surface area contributed by atoms with Crippen molar-refractivity contribution >= 4 is 21.4 Å². The highest BCUT2D eigenvalue weighted by Crippen LogP contribution is 2.27. The molecule has 0 radical (unpaired) electrons. The monoisotopic (exact) mass is 287 g/mol. The van der Waals surface area contributed by atoms with Crippen LogP contribution in [-0.4, -0.2) is 26.4 Å². The summed E-state index contributed by atoms with van der Waals surface area (Å²) in [4.78, 5) is 10.3. The molecule has 0 spiro atoms. The first-order valence-corrected chi connectivity index (χ1v) is 7.42. The molecule has 0 unspecified atom stereocenters. The minimum absolute atomic E-state index is 0.108. The van der Waals surface area contributed by atoms with E-state index in [-0.39, 0.29) is 17.1 Å². The number of nitro benzene ring substituents is 1. The maximum atomic E-state index is 11.8. The SMILES string of the molecule is CCCNc1ccc(S(=O)(=O)NCC)cc1[N+](=O)[O-]. The molecule has 0 heterocycles. The van der Waals surface area contributed by atoms with E-state index < -0.39 is 14.9 Å². The standard InChI is InChI=1S/C11H17N3O4S/c1-3-7-12-10-6-5-9(8-11(10)14(15)16)19(17,18)13-4-2/h5-6,8,12-13H,3-4,7H2,1-2H3. The van der Waals surface area contributed by atoms with Gasteiger partial charge in [-0.3, -0.25) is 10.1 Å². The number of sulfonamides is 1. The van der Waals surface area contributed by atoms with E-state index in [0.29, 0.717) is 12.2 Å². The average molecular weight is 287 g/mol. The van der Waals surface area contributed by atoms with Crippen LogP contribution in [0.5, 0.6) is 0 Å². The third kappa shape index (κ3) is 3.90. The molecule has 7 nitrogen and oxygen atoms in total. The van der Waals surface area contributed by atoms with E-state index in [4.69, 9.17) is 0 Å². The third-order valence-corrected chi connectivity index (χ3v) is 3.92. The molecule has 2 N–H and O–H groups in total. The van der Waals surface area contributed by atoms with Crippen LogP contribution >= 0.6 is 0 Å². The highest BCUT2D eigenvalue weighted by Gasteiger charge is 2.20. The zero-order valence-corrected chi connectivity index (χ0v) is 11.7. The molecule has 0 aliphatic rings. The predicted octanol–water partition coefficient (Wildman–Crippen LogP) is 1.71. The second kappa shape index (κ2) is 6.48. The summed E-state index contributed by atoms with van der Waals surface area (Å²) in [5.41, 5.74) is 0.0785. The summed E-state index contributed by atoms with van der Waals surface area (Å²) in [6.45, 7) is 4.39. The fraction of sp³-hybridized carbons (Fsp3) is 0.455. The van der Waals surface area contributed by atoms with Crippen molar-refractivity contribution in [2.75, 3.05) is 18.4 Å². The average Bonchev–Trinajstić information content (AvgIpc) is 2.35. The Kier molecular flexibility index (Phi) is 5.25. The van der Waals surface area contributed by atoms with Crippen LogP contribution in [0.3, 0.4) is 0 Å². The molecule has 0 amide bonds. The van der Waals surface area contributed by atoms with Gasteiger partial charge in [0.1, 0.15) is 5.69 Å². The second-order valence-corrected chi connectivity index (χ2v) is 5.63. The van der Waals surface area contributed by atoms with Crippen LogP contribution in [0.2, 0.25) is 0 Å². The quantitative estimate of drug-likeness (QED) is 0.587. The smallest absolute Gasteiger partial charge is 0.293 e. The third-order valence-electron chi connectivity index (χ3n) is 2.38. The van der Waals surface area contributed by atoms with Gasteiger partial charge in [-0.05, 0) is 18.6 Å². The van der Waals surface area contributed by atoms with Crippen LogP contribution in [0.25, 0.3) is 0 Å². The zero-order valence-electron chi connectivity index (χ0n) is 10.8. The Morgan fingerprint density at radius 1 is 1.32 bits per heavy atom. The van der Waals surface area contributed by atoms with Crippen LogP contribution in [-0.2, 0) is 10.0 Å². The Morgan fingerprint density at radius 3 is 2.53 bits per heavy atom. The lowest BCUT2D eigenvalue weighted by molar-refractivity contribution is -0.384. The Bertz CT molecular complexity index is 557. The molecular formula is C11H17N3O4S. The lowest BCUT2D eigenvalue weighted by Gasteiger charge is -2.08. The van der Waals surface area contributed by atoms with Crippen molar-refractivity contribution in [3.05, 3.63) is 28.3 Å². The Balaban J connectivity index is 3.20. The van der Waals surface area contributed by atoms with Gasteiger partial charge in [0.15, 0.2) is 0 Å². The van der Waals surface area contributed by atoms with Gasteiger partial charge in [0.2, 0.25) is 10.0 Å². The molecule has 1 aromatic carbocycles. The van der Waals surface area contributed by atoms with Crippen LogP contribution in [0.4, 0.5) is 11.4 Å². The number of anilines is 1. The fourth-order valence-electron chi connectivity index (χ4n) is 1.51. The molecule has 0 fully saturated rings. The highest BCUT2D eigenvalue weighted by molar-refractivity contribution is 7.89. The maximum absolute atomic E-state index is 11.8. The molecule has 1 aromatic rings. The summed E-state index contributed by atoms with van der Waals surface area (Å²) in [7, 11) is -3.69. The summed E-state index contributed by atoms with van der Waals surface area (Å²) in [6, 6.07) is 3.83. The van der Waals surface area contributed by atoms with Gasteiger partial charge >= 0.3 is 0 Å². The van der Waals surface area contributed by atoms with E-state index in [1.807, 2.05) is 6.92 Å². The predicted molar refractivity (Wildman–Crippen MR) is 72.7 cm³/mol. The van der Waals surface area contributed by atoms with Gasteiger partial charge in [-0.1, -0.05) is 13.8 Å². The van der Waals surface area contributed by atoms with E-state index in [9.17, 15) is 18.5 Å². The van der Waals surface area contributed by atoms with Gasteiger partial charge in [0.25, 0.3) is 5.69 Å². The number of nitro groups is 1. The first-order valence-electron chi connectivity index (χ1n) is 5.94. The van der Waals surface area contributed by atoms with Crippen molar-refractivity contribution in [2.24, 2.45) is 0 Å². The van der Waals surface area contributed by atoms with E-state index in [1.165, 1.54) is 12.1 Å². The molecule has 0 aliphatic heterocycles. The van der Waals surface area contributed by atoms with Crippen molar-refractivity contribution in [3.8, 4) is 0 Å². The first kappa shape index (κ1) is 15.4. The molecule has 106 valence electrons. The van der Waals surface area contributed by atoms with E-state index >= 15 is 0 Å². The van der Waals surface area contributed by atoms with Gasteiger partial charge in [-0.25, -0.2) is 13.1 Å². The summed E-state index contributed by atoms with van der Waals surface area (Å²) >= 11 is 0. The number of hydrogen-bond donors (Lipinski definition) is 2. The largest absolute Gasteiger partial charge is 0.380 e. The molecule has 0 atom stereocenters. The lowest BCUT2D eigenvalue weighted by atomic mass is 10.2. The molecular weight excluding hydrogens is 270 g/mol. The molecule has 8 heteroatoms. The van der Waals surface area contributed by atoms with E-state index in [2.05, 4.69) is 10.0 Å². The summed E-state index contributed by atoms with van der Waals surface area (Å²) < 4.78 is 25.9. The molecule has 0 bridgehead atoms. The maximum Gasteiger partial charge on any atom is 0.293 e. The van der Waals surface area contributed by atoms with Crippen LogP contribution in [0.1, 0.15) is 20.3 Å². The minimum atomic E-state index is -3.69. The molecule has 0 saturated carbocycles. The fourth-order valence-corrected chi connectivity index (χ4v) is 2.57. The Morgan fingerprint density at radius 2 is 2.00 bits per heavy atom. The minimum Gasteiger partial charge on any atom is -0.380 e. The molecule has 0 aliphatic carbocycles. The molecule has 19 heavy (non-hydrogen) atoms. The topological polar surface area (TPSA) is 101 Å². The highest BCUT2D eigenvalue weighted by atomic mass is 32.2.